The van der Waals surface area contributed by atoms with Crippen LogP contribution in [0.2, 0.25) is 0 Å². The lowest BCUT2D eigenvalue weighted by Gasteiger charge is -2.33. The number of sulfonamides is 1. The highest BCUT2D eigenvalue weighted by Crippen LogP contribution is 2.32. The van der Waals surface area contributed by atoms with E-state index in [0.717, 1.165) is 9.87 Å². The van der Waals surface area contributed by atoms with Gasteiger partial charge in [-0.3, -0.25) is 13.9 Å². The number of rotatable bonds is 13. The minimum Gasteiger partial charge on any atom is -0.497 e. The molecular formula is C29H35N3O6S. The van der Waals surface area contributed by atoms with Crippen LogP contribution in [-0.2, 0) is 26.2 Å². The molecule has 0 heterocycles. The van der Waals surface area contributed by atoms with Gasteiger partial charge in [0, 0.05) is 13.1 Å². The van der Waals surface area contributed by atoms with Crippen molar-refractivity contribution in [3.05, 3.63) is 84.4 Å². The Morgan fingerprint density at radius 3 is 2.10 bits per heavy atom. The van der Waals surface area contributed by atoms with Gasteiger partial charge in [0.05, 0.1) is 24.8 Å². The van der Waals surface area contributed by atoms with E-state index in [9.17, 15) is 18.0 Å². The molecule has 9 nitrogen and oxygen atoms in total. The molecule has 3 aromatic rings. The molecule has 10 heteroatoms. The molecule has 3 rings (SSSR count). The van der Waals surface area contributed by atoms with Gasteiger partial charge in [0.2, 0.25) is 11.8 Å². The zero-order valence-electron chi connectivity index (χ0n) is 22.7. The molecule has 1 N–H and O–H groups in total. The Morgan fingerprint density at radius 2 is 1.51 bits per heavy atom. The van der Waals surface area contributed by atoms with Gasteiger partial charge in [0.15, 0.2) is 0 Å². The van der Waals surface area contributed by atoms with Crippen molar-refractivity contribution in [2.45, 2.75) is 37.8 Å². The van der Waals surface area contributed by atoms with Crippen LogP contribution < -0.4 is 19.1 Å². The fraction of sp³-hybridized carbons (Fsp3) is 0.310. The Kier molecular flexibility index (Phi) is 10.3. The van der Waals surface area contributed by atoms with Crippen LogP contribution in [0.5, 0.6) is 11.5 Å². The third-order valence-electron chi connectivity index (χ3n) is 6.21. The molecule has 39 heavy (non-hydrogen) atoms. The van der Waals surface area contributed by atoms with E-state index >= 15 is 0 Å². The van der Waals surface area contributed by atoms with Crippen molar-refractivity contribution in [2.24, 2.45) is 0 Å². The molecule has 2 amide bonds. The lowest BCUT2D eigenvalue weighted by Crippen LogP contribution is -2.52. The number of hydrogen-bond acceptors (Lipinski definition) is 6. The van der Waals surface area contributed by atoms with E-state index in [1.807, 2.05) is 19.1 Å². The molecule has 0 saturated carbocycles. The molecule has 208 valence electrons. The highest BCUT2D eigenvalue weighted by atomic mass is 32.2. The highest BCUT2D eigenvalue weighted by Gasteiger charge is 2.34. The average Bonchev–Trinajstić information content (AvgIpc) is 2.96. The maximum Gasteiger partial charge on any atom is 0.264 e. The largest absolute Gasteiger partial charge is 0.497 e. The molecule has 0 aliphatic carbocycles. The molecule has 0 aliphatic heterocycles. The van der Waals surface area contributed by atoms with Gasteiger partial charge in [-0.2, -0.15) is 0 Å². The quantitative estimate of drug-likeness (QED) is 0.345. The fourth-order valence-electron chi connectivity index (χ4n) is 4.21. The SMILES string of the molecule is CCNC(=O)[C@H](CC)N(Cc1ccc(OC)cc1)C(=O)CN(c1ccccc1OC)S(=O)(=O)c1ccccc1. The molecule has 0 saturated heterocycles. The van der Waals surface area contributed by atoms with E-state index in [0.29, 0.717) is 24.5 Å². The lowest BCUT2D eigenvalue weighted by atomic mass is 10.1. The number of anilines is 1. The molecular weight excluding hydrogens is 518 g/mol. The maximum atomic E-state index is 14.0. The fourth-order valence-corrected chi connectivity index (χ4v) is 5.65. The summed E-state index contributed by atoms with van der Waals surface area (Å²) in [5, 5.41) is 2.79. The Balaban J connectivity index is 2.07. The molecule has 0 radical (unpaired) electrons. The van der Waals surface area contributed by atoms with E-state index in [1.54, 1.807) is 68.6 Å². The van der Waals surface area contributed by atoms with Crippen molar-refractivity contribution in [3.8, 4) is 11.5 Å². The Labute approximate surface area is 230 Å². The minimum absolute atomic E-state index is 0.0289. The number of hydrogen-bond donors (Lipinski definition) is 1. The van der Waals surface area contributed by atoms with Gasteiger partial charge in [-0.1, -0.05) is 49.4 Å². The van der Waals surface area contributed by atoms with Crippen molar-refractivity contribution in [2.75, 3.05) is 31.6 Å². The monoisotopic (exact) mass is 553 g/mol. The first-order valence-electron chi connectivity index (χ1n) is 12.7. The van der Waals surface area contributed by atoms with Gasteiger partial charge in [0.1, 0.15) is 24.1 Å². The Morgan fingerprint density at radius 1 is 0.872 bits per heavy atom. The summed E-state index contributed by atoms with van der Waals surface area (Å²) in [7, 11) is -1.17. The van der Waals surface area contributed by atoms with E-state index < -0.39 is 28.5 Å². The normalized spacial score (nSPS) is 11.8. The molecule has 3 aromatic carbocycles. The minimum atomic E-state index is -4.17. The van der Waals surface area contributed by atoms with Crippen LogP contribution in [0.15, 0.2) is 83.8 Å². The number of carbonyl (C=O) groups excluding carboxylic acids is 2. The number of carbonyl (C=O) groups is 2. The van der Waals surface area contributed by atoms with Crippen molar-refractivity contribution in [3.63, 3.8) is 0 Å². The van der Waals surface area contributed by atoms with Crippen LogP contribution in [-0.4, -0.2) is 58.5 Å². The first kappa shape index (κ1) is 29.5. The number of methoxy groups -OCH3 is 2. The van der Waals surface area contributed by atoms with Gasteiger partial charge in [-0.05, 0) is 55.3 Å². The standard InChI is InChI=1S/C29H35N3O6S/c1-5-25(29(34)30-6-2)31(20-22-16-18-23(37-3)19-17-22)28(33)21-32(26-14-10-11-15-27(26)38-4)39(35,36)24-12-8-7-9-13-24/h7-19,25H,5-6,20-21H2,1-4H3,(H,30,34)/t25-/m0/s1. The first-order valence-corrected chi connectivity index (χ1v) is 14.1. The lowest BCUT2D eigenvalue weighted by molar-refractivity contribution is -0.140. The summed E-state index contributed by atoms with van der Waals surface area (Å²) in [6.07, 6.45) is 0.341. The predicted octanol–water partition coefficient (Wildman–Crippen LogP) is 3.84. The zero-order valence-corrected chi connectivity index (χ0v) is 23.5. The van der Waals surface area contributed by atoms with E-state index in [2.05, 4.69) is 5.32 Å². The molecule has 0 spiro atoms. The van der Waals surface area contributed by atoms with Gasteiger partial charge < -0.3 is 19.7 Å². The number of para-hydroxylation sites is 2. The summed E-state index contributed by atoms with van der Waals surface area (Å²) in [5.74, 6) is 0.108. The van der Waals surface area contributed by atoms with Crippen LogP contribution in [0.3, 0.4) is 0 Å². The molecule has 0 bridgehead atoms. The second-order valence-corrected chi connectivity index (χ2v) is 10.5. The number of nitrogens with zero attached hydrogens (tertiary/aromatic N) is 2. The number of likely N-dealkylation sites (N-methyl/N-ethyl adjacent to an activating group) is 1. The summed E-state index contributed by atoms with van der Waals surface area (Å²) < 4.78 is 39.5. The molecule has 0 unspecified atom stereocenters. The van der Waals surface area contributed by atoms with Crippen LogP contribution in [0.25, 0.3) is 0 Å². The van der Waals surface area contributed by atoms with Crippen LogP contribution >= 0.6 is 0 Å². The van der Waals surface area contributed by atoms with E-state index in [-0.39, 0.29) is 23.0 Å². The van der Waals surface area contributed by atoms with Crippen molar-refractivity contribution in [1.82, 2.24) is 10.2 Å². The second-order valence-electron chi connectivity index (χ2n) is 8.68. The molecule has 1 atom stereocenters. The van der Waals surface area contributed by atoms with E-state index in [1.165, 1.54) is 24.1 Å². The van der Waals surface area contributed by atoms with Crippen LogP contribution in [0.4, 0.5) is 5.69 Å². The maximum absolute atomic E-state index is 14.0. The number of benzene rings is 3. The third kappa shape index (κ3) is 7.08. The highest BCUT2D eigenvalue weighted by molar-refractivity contribution is 7.92. The molecule has 0 fully saturated rings. The van der Waals surface area contributed by atoms with Crippen molar-refractivity contribution in [1.29, 1.82) is 0 Å². The average molecular weight is 554 g/mol. The summed E-state index contributed by atoms with van der Waals surface area (Å²) in [4.78, 5) is 28.5. The molecule has 0 aliphatic rings. The number of ether oxygens (including phenoxy) is 2. The second kappa shape index (κ2) is 13.7. The summed E-state index contributed by atoms with van der Waals surface area (Å²) in [5.41, 5.74) is 0.981. The smallest absolute Gasteiger partial charge is 0.264 e. The Hall–Kier alpha value is -4.05. The van der Waals surface area contributed by atoms with Gasteiger partial charge in [0.25, 0.3) is 10.0 Å². The van der Waals surface area contributed by atoms with Crippen LogP contribution in [0.1, 0.15) is 25.8 Å². The number of nitrogens with one attached hydrogen (secondary N) is 1. The third-order valence-corrected chi connectivity index (χ3v) is 7.99. The topological polar surface area (TPSA) is 105 Å². The van der Waals surface area contributed by atoms with Gasteiger partial charge in [-0.15, -0.1) is 0 Å². The van der Waals surface area contributed by atoms with E-state index in [4.69, 9.17) is 9.47 Å². The van der Waals surface area contributed by atoms with Crippen molar-refractivity contribution < 1.29 is 27.5 Å². The summed E-state index contributed by atoms with van der Waals surface area (Å²) in [6.45, 7) is 3.58. The number of amides is 2. The Bertz CT molecular complexity index is 1350. The summed E-state index contributed by atoms with van der Waals surface area (Å²) >= 11 is 0. The first-order chi connectivity index (χ1) is 18.8. The zero-order chi connectivity index (χ0) is 28.4. The van der Waals surface area contributed by atoms with Gasteiger partial charge in [-0.25, -0.2) is 8.42 Å². The molecule has 0 aromatic heterocycles. The van der Waals surface area contributed by atoms with Crippen molar-refractivity contribution >= 4 is 27.5 Å². The predicted molar refractivity (Wildman–Crippen MR) is 150 cm³/mol. The summed E-state index contributed by atoms with van der Waals surface area (Å²) in [6, 6.07) is 20.9. The van der Waals surface area contributed by atoms with Crippen LogP contribution in [0, 0.1) is 0 Å². The van der Waals surface area contributed by atoms with Gasteiger partial charge >= 0.3 is 0 Å².